The number of pyridine rings is 1. The van der Waals surface area contributed by atoms with E-state index < -0.39 is 0 Å². The van der Waals surface area contributed by atoms with Crippen molar-refractivity contribution in [3.63, 3.8) is 0 Å². The van der Waals surface area contributed by atoms with Gasteiger partial charge in [0.15, 0.2) is 0 Å². The van der Waals surface area contributed by atoms with Crippen molar-refractivity contribution in [1.29, 1.82) is 0 Å². The van der Waals surface area contributed by atoms with Crippen molar-refractivity contribution < 1.29 is 0 Å². The predicted octanol–water partition coefficient (Wildman–Crippen LogP) is 4.00. The Morgan fingerprint density at radius 2 is 2.00 bits per heavy atom. The Balaban J connectivity index is 3.01. The summed E-state index contributed by atoms with van der Waals surface area (Å²) in [5.41, 5.74) is 6.45. The second kappa shape index (κ2) is 3.68. The molecule has 0 aliphatic heterocycles. The molecule has 72 valence electrons. The fourth-order valence-corrected chi connectivity index (χ4v) is 2.39. The van der Waals surface area contributed by atoms with Gasteiger partial charge >= 0.3 is 0 Å². The third-order valence-electron chi connectivity index (χ3n) is 1.94. The molecule has 2 aromatic rings. The van der Waals surface area contributed by atoms with Crippen molar-refractivity contribution in [2.24, 2.45) is 0 Å². The summed E-state index contributed by atoms with van der Waals surface area (Å²) >= 11 is 12.7. The van der Waals surface area contributed by atoms with Gasteiger partial charge in [-0.25, -0.2) is 4.98 Å². The molecular formula is C9H5Br2ClN2. The first-order valence-corrected chi connectivity index (χ1v) is 5.75. The Morgan fingerprint density at radius 3 is 2.71 bits per heavy atom. The van der Waals surface area contributed by atoms with E-state index in [4.69, 9.17) is 17.3 Å². The fraction of sp³-hybridized carbons (Fsp3) is 0. The number of benzene rings is 1. The van der Waals surface area contributed by atoms with E-state index in [1.807, 2.05) is 6.07 Å². The zero-order valence-electron chi connectivity index (χ0n) is 6.89. The third kappa shape index (κ3) is 1.51. The maximum Gasteiger partial charge on any atom is 0.114 e. The van der Waals surface area contributed by atoms with Crippen LogP contribution in [0.3, 0.4) is 0 Å². The van der Waals surface area contributed by atoms with Crippen molar-refractivity contribution in [2.75, 3.05) is 5.73 Å². The summed E-state index contributed by atoms with van der Waals surface area (Å²) in [5.74, 6) is 0. The Kier molecular flexibility index (Phi) is 2.68. The standard InChI is InChI=1S/C9H5Br2ClN2/c10-5-3-14-9(11)4-1-2-6(12)8(13)7(4)5/h1-3H,13H2. The third-order valence-corrected chi connectivity index (χ3v) is 3.51. The van der Waals surface area contributed by atoms with Gasteiger partial charge in [0.1, 0.15) is 4.60 Å². The minimum Gasteiger partial charge on any atom is -0.397 e. The average molecular weight is 336 g/mol. The lowest BCUT2D eigenvalue weighted by Crippen LogP contribution is -1.91. The van der Waals surface area contributed by atoms with Crippen LogP contribution in [0.4, 0.5) is 5.69 Å². The molecule has 2 N–H and O–H groups in total. The first-order valence-electron chi connectivity index (χ1n) is 3.79. The molecule has 0 radical (unpaired) electrons. The van der Waals surface area contributed by atoms with Gasteiger partial charge in [-0.05, 0) is 44.0 Å². The Morgan fingerprint density at radius 1 is 1.29 bits per heavy atom. The summed E-state index contributed by atoms with van der Waals surface area (Å²) in [6.07, 6.45) is 1.69. The number of nitrogens with zero attached hydrogens (tertiary/aromatic N) is 1. The molecule has 0 amide bonds. The molecule has 1 aromatic heterocycles. The van der Waals surface area contributed by atoms with Crippen LogP contribution in [0.25, 0.3) is 10.8 Å². The largest absolute Gasteiger partial charge is 0.397 e. The van der Waals surface area contributed by atoms with Crippen LogP contribution in [0.2, 0.25) is 5.02 Å². The van der Waals surface area contributed by atoms with Crippen molar-refractivity contribution in [1.82, 2.24) is 4.98 Å². The summed E-state index contributed by atoms with van der Waals surface area (Å²) in [7, 11) is 0. The Labute approximate surface area is 103 Å². The summed E-state index contributed by atoms with van der Waals surface area (Å²) in [6.45, 7) is 0. The van der Waals surface area contributed by atoms with Crippen LogP contribution >= 0.6 is 43.5 Å². The van der Waals surface area contributed by atoms with E-state index in [0.29, 0.717) is 10.7 Å². The number of nitrogens with two attached hydrogens (primary N) is 1. The highest BCUT2D eigenvalue weighted by molar-refractivity contribution is 9.11. The van der Waals surface area contributed by atoms with Crippen LogP contribution in [0.5, 0.6) is 0 Å². The van der Waals surface area contributed by atoms with Gasteiger partial charge in [0.05, 0.1) is 10.7 Å². The van der Waals surface area contributed by atoms with E-state index >= 15 is 0 Å². The lowest BCUT2D eigenvalue weighted by atomic mass is 10.1. The Bertz CT molecular complexity index is 514. The molecule has 0 spiro atoms. The highest BCUT2D eigenvalue weighted by Gasteiger charge is 2.09. The quantitative estimate of drug-likeness (QED) is 0.583. The van der Waals surface area contributed by atoms with Crippen LogP contribution in [0, 0.1) is 0 Å². The molecule has 2 nitrogen and oxygen atoms in total. The molecule has 0 aliphatic carbocycles. The van der Waals surface area contributed by atoms with Crippen LogP contribution in [-0.4, -0.2) is 4.98 Å². The van der Waals surface area contributed by atoms with Crippen LogP contribution in [0.1, 0.15) is 0 Å². The van der Waals surface area contributed by atoms with Gasteiger partial charge in [-0.2, -0.15) is 0 Å². The van der Waals surface area contributed by atoms with E-state index in [9.17, 15) is 0 Å². The van der Waals surface area contributed by atoms with Gasteiger partial charge in [-0.1, -0.05) is 11.6 Å². The lowest BCUT2D eigenvalue weighted by Gasteiger charge is -2.06. The van der Waals surface area contributed by atoms with Gasteiger partial charge in [0.25, 0.3) is 0 Å². The highest BCUT2D eigenvalue weighted by atomic mass is 79.9. The average Bonchev–Trinajstić information content (AvgIpc) is 2.16. The molecule has 0 saturated carbocycles. The van der Waals surface area contributed by atoms with E-state index in [-0.39, 0.29) is 0 Å². The Hall–Kier alpha value is -0.320. The van der Waals surface area contributed by atoms with E-state index in [2.05, 4.69) is 36.8 Å². The zero-order chi connectivity index (χ0) is 10.3. The first-order chi connectivity index (χ1) is 6.61. The number of aromatic nitrogens is 1. The maximum absolute atomic E-state index is 5.93. The molecular weight excluding hydrogens is 331 g/mol. The molecule has 5 heteroatoms. The van der Waals surface area contributed by atoms with Crippen molar-refractivity contribution >= 4 is 59.9 Å². The van der Waals surface area contributed by atoms with Gasteiger partial charge in [-0.15, -0.1) is 0 Å². The molecule has 2 rings (SSSR count). The molecule has 0 aliphatic rings. The number of hydrogen-bond donors (Lipinski definition) is 1. The second-order valence-electron chi connectivity index (χ2n) is 2.78. The van der Waals surface area contributed by atoms with Crippen molar-refractivity contribution in [2.45, 2.75) is 0 Å². The number of fused-ring (bicyclic) bond motifs is 1. The summed E-state index contributed by atoms with van der Waals surface area (Å²) in [5, 5.41) is 2.39. The first kappa shape index (κ1) is 10.2. The summed E-state index contributed by atoms with van der Waals surface area (Å²) < 4.78 is 1.61. The SMILES string of the molecule is Nc1c(Cl)ccc2c(Br)ncc(Br)c12. The van der Waals surface area contributed by atoms with Gasteiger partial charge in [-0.3, -0.25) is 0 Å². The highest BCUT2D eigenvalue weighted by Crippen LogP contribution is 2.36. The lowest BCUT2D eigenvalue weighted by molar-refractivity contribution is 1.30. The molecule has 0 unspecified atom stereocenters. The minimum atomic E-state index is 0.552. The topological polar surface area (TPSA) is 38.9 Å². The summed E-state index contributed by atoms with van der Waals surface area (Å²) in [4.78, 5) is 4.15. The number of anilines is 1. The van der Waals surface area contributed by atoms with Gasteiger partial charge < -0.3 is 5.73 Å². The van der Waals surface area contributed by atoms with Gasteiger partial charge in [0, 0.05) is 21.4 Å². The minimum absolute atomic E-state index is 0.552. The van der Waals surface area contributed by atoms with E-state index in [1.54, 1.807) is 12.3 Å². The fourth-order valence-electron chi connectivity index (χ4n) is 1.27. The van der Waals surface area contributed by atoms with E-state index in [0.717, 1.165) is 19.8 Å². The zero-order valence-corrected chi connectivity index (χ0v) is 10.8. The maximum atomic E-state index is 5.93. The number of rotatable bonds is 0. The number of nitrogen functional groups attached to an aromatic ring is 1. The second-order valence-corrected chi connectivity index (χ2v) is 4.79. The smallest absolute Gasteiger partial charge is 0.114 e. The molecule has 0 bridgehead atoms. The normalized spacial score (nSPS) is 10.8. The van der Waals surface area contributed by atoms with E-state index in [1.165, 1.54) is 0 Å². The van der Waals surface area contributed by atoms with Gasteiger partial charge in [0.2, 0.25) is 0 Å². The van der Waals surface area contributed by atoms with Crippen LogP contribution in [-0.2, 0) is 0 Å². The molecule has 0 atom stereocenters. The van der Waals surface area contributed by atoms with Crippen LogP contribution in [0.15, 0.2) is 27.4 Å². The monoisotopic (exact) mass is 334 g/mol. The number of halogens is 3. The molecule has 0 fully saturated rings. The number of hydrogen-bond acceptors (Lipinski definition) is 2. The molecule has 0 saturated heterocycles. The molecule has 1 aromatic carbocycles. The predicted molar refractivity (Wildman–Crippen MR) is 66.6 cm³/mol. The molecule has 14 heavy (non-hydrogen) atoms. The van der Waals surface area contributed by atoms with Crippen LogP contribution < -0.4 is 5.73 Å². The van der Waals surface area contributed by atoms with Crippen molar-refractivity contribution in [3.05, 3.63) is 32.4 Å². The summed E-state index contributed by atoms with van der Waals surface area (Å²) in [6, 6.07) is 3.65. The molecule has 1 heterocycles. The van der Waals surface area contributed by atoms with Crippen molar-refractivity contribution in [3.8, 4) is 0 Å².